The first-order chi connectivity index (χ1) is 7.15. The van der Waals surface area contributed by atoms with Crippen LogP contribution in [0.25, 0.3) is 0 Å². The van der Waals surface area contributed by atoms with Gasteiger partial charge >= 0.3 is 0 Å². The SMILES string of the molecule is CNC1CCCN(CCCS(C)=O)C1=O. The number of likely N-dealkylation sites (tertiary alicyclic amines) is 1. The van der Waals surface area contributed by atoms with E-state index in [4.69, 9.17) is 0 Å². The van der Waals surface area contributed by atoms with Gasteiger partial charge in [0, 0.05) is 35.9 Å². The molecule has 2 unspecified atom stereocenters. The standard InChI is InChI=1S/C10H20N2O2S/c1-11-9-5-3-6-12(10(9)13)7-4-8-15(2)14/h9,11H,3-8H2,1-2H3. The molecule has 1 aliphatic heterocycles. The van der Waals surface area contributed by atoms with Crippen LogP contribution in [0.2, 0.25) is 0 Å². The molecule has 5 heteroatoms. The Labute approximate surface area is 93.9 Å². The highest BCUT2D eigenvalue weighted by atomic mass is 32.2. The van der Waals surface area contributed by atoms with Crippen molar-refractivity contribution < 1.29 is 9.00 Å². The van der Waals surface area contributed by atoms with Crippen LogP contribution in [0.5, 0.6) is 0 Å². The average Bonchev–Trinajstić information content (AvgIpc) is 2.20. The Kier molecular flexibility index (Phi) is 5.25. The van der Waals surface area contributed by atoms with E-state index in [9.17, 15) is 9.00 Å². The van der Waals surface area contributed by atoms with Crippen LogP contribution in [0, 0.1) is 0 Å². The molecular weight excluding hydrogens is 212 g/mol. The number of piperidine rings is 1. The van der Waals surface area contributed by atoms with Crippen LogP contribution in [-0.4, -0.2) is 53.2 Å². The molecule has 0 aromatic heterocycles. The van der Waals surface area contributed by atoms with Crippen molar-refractivity contribution in [2.75, 3.05) is 32.1 Å². The quantitative estimate of drug-likeness (QED) is 0.724. The van der Waals surface area contributed by atoms with E-state index in [-0.39, 0.29) is 11.9 Å². The lowest BCUT2D eigenvalue weighted by Gasteiger charge is -2.32. The fraction of sp³-hybridized carbons (Fsp3) is 0.900. The second-order valence-electron chi connectivity index (χ2n) is 3.94. The Morgan fingerprint density at radius 3 is 2.93 bits per heavy atom. The summed E-state index contributed by atoms with van der Waals surface area (Å²) in [6.07, 6.45) is 4.54. The second kappa shape index (κ2) is 6.23. The predicted molar refractivity (Wildman–Crippen MR) is 62.2 cm³/mol. The summed E-state index contributed by atoms with van der Waals surface area (Å²) >= 11 is 0. The lowest BCUT2D eigenvalue weighted by atomic mass is 10.1. The Morgan fingerprint density at radius 1 is 1.60 bits per heavy atom. The van der Waals surface area contributed by atoms with Crippen LogP contribution in [0.4, 0.5) is 0 Å². The van der Waals surface area contributed by atoms with Gasteiger partial charge in [-0.25, -0.2) is 0 Å². The van der Waals surface area contributed by atoms with Gasteiger partial charge in [0.1, 0.15) is 0 Å². The Balaban J connectivity index is 2.34. The van der Waals surface area contributed by atoms with Gasteiger partial charge < -0.3 is 10.2 Å². The third-order valence-electron chi connectivity index (χ3n) is 2.74. The maximum atomic E-state index is 11.8. The minimum atomic E-state index is -0.745. The maximum Gasteiger partial charge on any atom is 0.239 e. The molecular formula is C10H20N2O2S. The van der Waals surface area contributed by atoms with Crippen molar-refractivity contribution in [3.05, 3.63) is 0 Å². The van der Waals surface area contributed by atoms with Crippen molar-refractivity contribution in [3.63, 3.8) is 0 Å². The van der Waals surface area contributed by atoms with E-state index in [2.05, 4.69) is 5.32 Å². The number of carbonyl (C=O) groups excluding carboxylic acids is 1. The fourth-order valence-corrected chi connectivity index (χ4v) is 2.42. The van der Waals surface area contributed by atoms with Crippen LogP contribution >= 0.6 is 0 Å². The van der Waals surface area contributed by atoms with Gasteiger partial charge in [-0.2, -0.15) is 0 Å². The zero-order valence-electron chi connectivity index (χ0n) is 9.49. The third-order valence-corrected chi connectivity index (χ3v) is 3.60. The summed E-state index contributed by atoms with van der Waals surface area (Å²) in [7, 11) is 1.08. The molecule has 0 aliphatic carbocycles. The van der Waals surface area contributed by atoms with E-state index in [0.717, 1.165) is 32.4 Å². The molecule has 2 atom stereocenters. The summed E-state index contributed by atoms with van der Waals surface area (Å²) in [5.74, 6) is 0.888. The summed E-state index contributed by atoms with van der Waals surface area (Å²) in [4.78, 5) is 13.7. The monoisotopic (exact) mass is 232 g/mol. The molecule has 15 heavy (non-hydrogen) atoms. The minimum Gasteiger partial charge on any atom is -0.341 e. The fourth-order valence-electron chi connectivity index (χ4n) is 1.89. The van der Waals surface area contributed by atoms with Gasteiger partial charge in [-0.1, -0.05) is 0 Å². The van der Waals surface area contributed by atoms with Crippen LogP contribution in [-0.2, 0) is 15.6 Å². The van der Waals surface area contributed by atoms with E-state index in [0.29, 0.717) is 5.75 Å². The lowest BCUT2D eigenvalue weighted by Crippen LogP contribution is -2.49. The molecule has 0 spiro atoms. The number of nitrogens with zero attached hydrogens (tertiary/aromatic N) is 1. The number of amides is 1. The largest absolute Gasteiger partial charge is 0.341 e. The first-order valence-electron chi connectivity index (χ1n) is 5.41. The molecule has 0 aromatic carbocycles. The first kappa shape index (κ1) is 12.6. The van der Waals surface area contributed by atoms with E-state index >= 15 is 0 Å². The van der Waals surface area contributed by atoms with Crippen LogP contribution in [0.3, 0.4) is 0 Å². The van der Waals surface area contributed by atoms with E-state index < -0.39 is 10.8 Å². The zero-order chi connectivity index (χ0) is 11.3. The van der Waals surface area contributed by atoms with Crippen LogP contribution in [0.15, 0.2) is 0 Å². The minimum absolute atomic E-state index is 0.00845. The highest BCUT2D eigenvalue weighted by Gasteiger charge is 2.26. The lowest BCUT2D eigenvalue weighted by molar-refractivity contribution is -0.135. The molecule has 1 saturated heterocycles. The maximum absolute atomic E-state index is 11.8. The first-order valence-corrected chi connectivity index (χ1v) is 7.14. The smallest absolute Gasteiger partial charge is 0.239 e. The number of likely N-dealkylation sites (N-methyl/N-ethyl adjacent to an activating group) is 1. The molecule has 0 aromatic rings. The topological polar surface area (TPSA) is 49.4 Å². The summed E-state index contributed by atoms with van der Waals surface area (Å²) < 4.78 is 10.9. The van der Waals surface area contributed by atoms with E-state index in [1.165, 1.54) is 0 Å². The number of hydrogen-bond donors (Lipinski definition) is 1. The molecule has 0 bridgehead atoms. The normalized spacial score (nSPS) is 24.3. The van der Waals surface area contributed by atoms with Gasteiger partial charge in [0.2, 0.25) is 5.91 Å². The van der Waals surface area contributed by atoms with Crippen LogP contribution < -0.4 is 5.32 Å². The van der Waals surface area contributed by atoms with Gasteiger partial charge in [-0.05, 0) is 26.3 Å². The van der Waals surface area contributed by atoms with Gasteiger partial charge in [0.25, 0.3) is 0 Å². The van der Waals surface area contributed by atoms with Crippen molar-refractivity contribution in [2.24, 2.45) is 0 Å². The molecule has 1 aliphatic rings. The molecule has 4 nitrogen and oxygen atoms in total. The average molecular weight is 232 g/mol. The van der Waals surface area contributed by atoms with Crippen LogP contribution in [0.1, 0.15) is 19.3 Å². The second-order valence-corrected chi connectivity index (χ2v) is 5.49. The van der Waals surface area contributed by atoms with Crippen molar-refractivity contribution in [2.45, 2.75) is 25.3 Å². The Morgan fingerprint density at radius 2 is 2.33 bits per heavy atom. The van der Waals surface area contributed by atoms with Crippen molar-refractivity contribution in [1.29, 1.82) is 0 Å². The number of nitrogens with one attached hydrogen (secondary N) is 1. The molecule has 1 heterocycles. The molecule has 0 radical (unpaired) electrons. The predicted octanol–water partition coefficient (Wildman–Crippen LogP) is -0.0346. The summed E-state index contributed by atoms with van der Waals surface area (Å²) in [5, 5.41) is 3.03. The zero-order valence-corrected chi connectivity index (χ0v) is 10.3. The van der Waals surface area contributed by atoms with Gasteiger partial charge in [0.15, 0.2) is 0 Å². The molecule has 0 saturated carbocycles. The Bertz CT molecular complexity index is 246. The molecule has 1 fully saturated rings. The van der Waals surface area contributed by atoms with Gasteiger partial charge in [-0.3, -0.25) is 9.00 Å². The number of rotatable bonds is 5. The molecule has 1 amide bonds. The summed E-state index contributed by atoms with van der Waals surface area (Å²) in [5.41, 5.74) is 0. The molecule has 1 rings (SSSR count). The van der Waals surface area contributed by atoms with Gasteiger partial charge in [-0.15, -0.1) is 0 Å². The number of hydrogen-bond acceptors (Lipinski definition) is 3. The highest BCUT2D eigenvalue weighted by molar-refractivity contribution is 7.84. The summed E-state index contributed by atoms with van der Waals surface area (Å²) in [6.45, 7) is 1.60. The molecule has 88 valence electrons. The van der Waals surface area contributed by atoms with Crippen molar-refractivity contribution in [3.8, 4) is 0 Å². The van der Waals surface area contributed by atoms with Crippen molar-refractivity contribution in [1.82, 2.24) is 10.2 Å². The molecule has 1 N–H and O–H groups in total. The van der Waals surface area contributed by atoms with Crippen molar-refractivity contribution >= 4 is 16.7 Å². The van der Waals surface area contributed by atoms with Gasteiger partial charge in [0.05, 0.1) is 6.04 Å². The number of carbonyl (C=O) groups is 1. The third kappa shape index (κ3) is 3.91. The van der Waals surface area contributed by atoms with E-state index in [1.807, 2.05) is 11.9 Å². The Hall–Kier alpha value is -0.420. The van der Waals surface area contributed by atoms with E-state index in [1.54, 1.807) is 6.26 Å². The highest BCUT2D eigenvalue weighted by Crippen LogP contribution is 2.11. The summed E-state index contributed by atoms with van der Waals surface area (Å²) in [6, 6.07) is -0.00845.